The molecule has 0 radical (unpaired) electrons. The first kappa shape index (κ1) is 12.3. The zero-order valence-corrected chi connectivity index (χ0v) is 10.8. The summed E-state index contributed by atoms with van der Waals surface area (Å²) in [7, 11) is 1.52. The smallest absolute Gasteiger partial charge is 0.322 e. The first-order chi connectivity index (χ1) is 8.22. The number of methoxy groups -OCH3 is 1. The quantitative estimate of drug-likeness (QED) is 0.794. The van der Waals surface area contributed by atoms with E-state index in [0.717, 1.165) is 32.7 Å². The summed E-state index contributed by atoms with van der Waals surface area (Å²) in [6.45, 7) is 7.08. The van der Waals surface area contributed by atoms with Crippen molar-refractivity contribution in [2.75, 3.05) is 44.7 Å². The highest BCUT2D eigenvalue weighted by Gasteiger charge is 2.19. The van der Waals surface area contributed by atoms with Crippen LogP contribution in [0.25, 0.3) is 0 Å². The molecular formula is C10H16ClN5O. The molecular weight excluding hydrogens is 242 g/mol. The summed E-state index contributed by atoms with van der Waals surface area (Å²) >= 11 is 5.82. The minimum absolute atomic E-state index is 0.171. The van der Waals surface area contributed by atoms with Crippen LogP contribution in [-0.4, -0.2) is 59.7 Å². The van der Waals surface area contributed by atoms with Gasteiger partial charge in [0.2, 0.25) is 11.2 Å². The van der Waals surface area contributed by atoms with Gasteiger partial charge >= 0.3 is 6.01 Å². The SMILES string of the molecule is CCN1CCN(c2nc(Cl)nc(OC)n2)CC1. The van der Waals surface area contributed by atoms with Crippen molar-refractivity contribution < 1.29 is 4.74 Å². The maximum absolute atomic E-state index is 5.82. The van der Waals surface area contributed by atoms with Gasteiger partial charge in [-0.05, 0) is 18.1 Å². The predicted molar refractivity (Wildman–Crippen MR) is 65.7 cm³/mol. The summed E-state index contributed by atoms with van der Waals surface area (Å²) in [5, 5.41) is 0.171. The zero-order chi connectivity index (χ0) is 12.3. The molecule has 2 rings (SSSR count). The Balaban J connectivity index is 2.10. The summed E-state index contributed by atoms with van der Waals surface area (Å²) in [4.78, 5) is 16.7. The lowest BCUT2D eigenvalue weighted by Crippen LogP contribution is -2.46. The van der Waals surface area contributed by atoms with Crippen molar-refractivity contribution in [3.63, 3.8) is 0 Å². The second kappa shape index (κ2) is 5.46. The third-order valence-corrected chi connectivity index (χ3v) is 3.03. The summed E-state index contributed by atoms with van der Waals surface area (Å²) in [5.41, 5.74) is 0. The van der Waals surface area contributed by atoms with E-state index in [1.807, 2.05) is 0 Å². The summed E-state index contributed by atoms with van der Waals surface area (Å²) in [6.07, 6.45) is 0. The lowest BCUT2D eigenvalue weighted by Gasteiger charge is -2.33. The molecule has 1 aromatic rings. The van der Waals surface area contributed by atoms with E-state index in [1.165, 1.54) is 7.11 Å². The summed E-state index contributed by atoms with van der Waals surface area (Å²) < 4.78 is 4.99. The fourth-order valence-electron chi connectivity index (χ4n) is 1.82. The van der Waals surface area contributed by atoms with Crippen molar-refractivity contribution in [1.29, 1.82) is 0 Å². The Labute approximate surface area is 106 Å². The van der Waals surface area contributed by atoms with Gasteiger partial charge in [0.1, 0.15) is 0 Å². The Morgan fingerprint density at radius 3 is 2.47 bits per heavy atom. The van der Waals surface area contributed by atoms with E-state index >= 15 is 0 Å². The Morgan fingerprint density at radius 2 is 1.88 bits per heavy atom. The fourth-order valence-corrected chi connectivity index (χ4v) is 1.97. The molecule has 0 unspecified atom stereocenters. The number of hydrogen-bond donors (Lipinski definition) is 0. The second-order valence-corrected chi connectivity index (χ2v) is 4.15. The van der Waals surface area contributed by atoms with E-state index < -0.39 is 0 Å². The Hall–Kier alpha value is -1.14. The first-order valence-electron chi connectivity index (χ1n) is 5.65. The van der Waals surface area contributed by atoms with Crippen LogP contribution in [0.3, 0.4) is 0 Å². The number of aromatic nitrogens is 3. The van der Waals surface area contributed by atoms with Gasteiger partial charge in [-0.15, -0.1) is 0 Å². The number of halogens is 1. The van der Waals surface area contributed by atoms with E-state index in [9.17, 15) is 0 Å². The average Bonchev–Trinajstić information content (AvgIpc) is 2.38. The minimum Gasteiger partial charge on any atom is -0.467 e. The van der Waals surface area contributed by atoms with Gasteiger partial charge in [-0.2, -0.15) is 15.0 Å². The molecule has 0 saturated carbocycles. The maximum Gasteiger partial charge on any atom is 0.322 e. The standard InChI is InChI=1S/C10H16ClN5O/c1-3-15-4-6-16(7-5-15)9-12-8(11)13-10(14-9)17-2/h3-7H2,1-2H3. The molecule has 0 N–H and O–H groups in total. The minimum atomic E-state index is 0.171. The Bertz CT molecular complexity index is 381. The number of piperazine rings is 1. The number of anilines is 1. The van der Waals surface area contributed by atoms with E-state index in [-0.39, 0.29) is 11.3 Å². The molecule has 1 fully saturated rings. The van der Waals surface area contributed by atoms with Crippen LogP contribution in [0.5, 0.6) is 6.01 Å². The van der Waals surface area contributed by atoms with Crippen molar-refractivity contribution in [3.8, 4) is 6.01 Å². The van der Waals surface area contributed by atoms with Gasteiger partial charge in [-0.3, -0.25) is 0 Å². The topological polar surface area (TPSA) is 54.4 Å². The third-order valence-electron chi connectivity index (χ3n) is 2.86. The van der Waals surface area contributed by atoms with Gasteiger partial charge in [0, 0.05) is 26.2 Å². The van der Waals surface area contributed by atoms with Crippen molar-refractivity contribution in [2.24, 2.45) is 0 Å². The maximum atomic E-state index is 5.82. The van der Waals surface area contributed by atoms with Crippen LogP contribution in [0, 0.1) is 0 Å². The molecule has 6 nitrogen and oxygen atoms in total. The van der Waals surface area contributed by atoms with Crippen molar-refractivity contribution in [1.82, 2.24) is 19.9 Å². The molecule has 1 saturated heterocycles. The van der Waals surface area contributed by atoms with Crippen LogP contribution in [-0.2, 0) is 0 Å². The van der Waals surface area contributed by atoms with Gasteiger partial charge in [-0.25, -0.2) is 0 Å². The van der Waals surface area contributed by atoms with Gasteiger partial charge in [0.05, 0.1) is 7.11 Å². The largest absolute Gasteiger partial charge is 0.467 e. The average molecular weight is 258 g/mol. The second-order valence-electron chi connectivity index (χ2n) is 3.81. The molecule has 0 amide bonds. The van der Waals surface area contributed by atoms with Crippen molar-refractivity contribution in [3.05, 3.63) is 5.28 Å². The Kier molecular flexibility index (Phi) is 3.96. The van der Waals surface area contributed by atoms with Gasteiger partial charge in [0.25, 0.3) is 0 Å². The molecule has 0 bridgehead atoms. The van der Waals surface area contributed by atoms with E-state index in [0.29, 0.717) is 5.95 Å². The van der Waals surface area contributed by atoms with Crippen molar-refractivity contribution in [2.45, 2.75) is 6.92 Å². The molecule has 1 aliphatic rings. The van der Waals surface area contributed by atoms with Gasteiger partial charge in [0.15, 0.2) is 0 Å². The fraction of sp³-hybridized carbons (Fsp3) is 0.700. The van der Waals surface area contributed by atoms with Crippen molar-refractivity contribution >= 4 is 17.5 Å². The highest BCUT2D eigenvalue weighted by atomic mass is 35.5. The predicted octanol–water partition coefficient (Wildman–Crippen LogP) is 0.675. The van der Waals surface area contributed by atoms with Crippen LogP contribution in [0.2, 0.25) is 5.28 Å². The molecule has 0 aliphatic carbocycles. The van der Waals surface area contributed by atoms with E-state index in [4.69, 9.17) is 16.3 Å². The molecule has 0 aromatic carbocycles. The highest BCUT2D eigenvalue weighted by Crippen LogP contribution is 2.16. The van der Waals surface area contributed by atoms with Crippen LogP contribution < -0.4 is 9.64 Å². The van der Waals surface area contributed by atoms with E-state index in [2.05, 4.69) is 31.7 Å². The molecule has 1 aromatic heterocycles. The first-order valence-corrected chi connectivity index (χ1v) is 6.03. The molecule has 2 heterocycles. The molecule has 17 heavy (non-hydrogen) atoms. The zero-order valence-electron chi connectivity index (χ0n) is 10.1. The van der Waals surface area contributed by atoms with Crippen LogP contribution in [0.15, 0.2) is 0 Å². The molecule has 94 valence electrons. The molecule has 1 aliphatic heterocycles. The number of nitrogens with zero attached hydrogens (tertiary/aromatic N) is 5. The molecule has 0 atom stereocenters. The summed E-state index contributed by atoms with van der Waals surface area (Å²) in [5.74, 6) is 0.595. The number of ether oxygens (including phenoxy) is 1. The van der Waals surface area contributed by atoms with Crippen LogP contribution in [0.1, 0.15) is 6.92 Å². The van der Waals surface area contributed by atoms with Gasteiger partial charge < -0.3 is 14.5 Å². The van der Waals surface area contributed by atoms with Crippen LogP contribution in [0.4, 0.5) is 5.95 Å². The third kappa shape index (κ3) is 2.95. The number of rotatable bonds is 3. The number of likely N-dealkylation sites (N-methyl/N-ethyl adjacent to an activating group) is 1. The van der Waals surface area contributed by atoms with Crippen LogP contribution >= 0.6 is 11.6 Å². The molecule has 0 spiro atoms. The monoisotopic (exact) mass is 257 g/mol. The lowest BCUT2D eigenvalue weighted by molar-refractivity contribution is 0.269. The highest BCUT2D eigenvalue weighted by molar-refractivity contribution is 6.28. The Morgan fingerprint density at radius 1 is 1.18 bits per heavy atom. The van der Waals surface area contributed by atoms with E-state index in [1.54, 1.807) is 0 Å². The number of hydrogen-bond acceptors (Lipinski definition) is 6. The lowest BCUT2D eigenvalue weighted by atomic mass is 10.3. The normalized spacial score (nSPS) is 17.2. The summed E-state index contributed by atoms with van der Waals surface area (Å²) in [6, 6.07) is 0.262. The van der Waals surface area contributed by atoms with Gasteiger partial charge in [-0.1, -0.05) is 6.92 Å². The molecule has 7 heteroatoms.